The van der Waals surface area contributed by atoms with Gasteiger partial charge in [-0.25, -0.2) is 0 Å². The summed E-state index contributed by atoms with van der Waals surface area (Å²) < 4.78 is 0. The summed E-state index contributed by atoms with van der Waals surface area (Å²) in [7, 11) is 0. The number of hydrogen-bond donors (Lipinski definition) is 3. The van der Waals surface area contributed by atoms with Gasteiger partial charge in [0.15, 0.2) is 0 Å². The molecule has 20 heavy (non-hydrogen) atoms. The fourth-order valence-corrected chi connectivity index (χ4v) is 2.45. The molecule has 1 atom stereocenters. The van der Waals surface area contributed by atoms with Gasteiger partial charge in [-0.3, -0.25) is 4.79 Å². The van der Waals surface area contributed by atoms with Crippen LogP contribution in [-0.4, -0.2) is 17.1 Å². The van der Waals surface area contributed by atoms with E-state index in [-0.39, 0.29) is 17.7 Å². The van der Waals surface area contributed by atoms with Crippen molar-refractivity contribution in [1.29, 1.82) is 0 Å². The number of rotatable bonds is 6. The zero-order valence-corrected chi connectivity index (χ0v) is 12.3. The normalized spacial score (nSPS) is 16.5. The zero-order valence-electron chi connectivity index (χ0n) is 12.3. The van der Waals surface area contributed by atoms with E-state index in [0.29, 0.717) is 12.5 Å². The second kappa shape index (κ2) is 6.75. The third-order valence-corrected chi connectivity index (χ3v) is 3.85. The first-order chi connectivity index (χ1) is 9.60. The highest BCUT2D eigenvalue weighted by Crippen LogP contribution is 2.30. The highest BCUT2D eigenvalue weighted by atomic mass is 16.3. The van der Waals surface area contributed by atoms with Crippen LogP contribution in [0.15, 0.2) is 18.2 Å². The maximum absolute atomic E-state index is 11.6. The Balaban J connectivity index is 2.04. The molecule has 0 radical (unpaired) electrons. The van der Waals surface area contributed by atoms with Gasteiger partial charge < -0.3 is 15.7 Å². The van der Waals surface area contributed by atoms with Crippen molar-refractivity contribution in [3.63, 3.8) is 0 Å². The summed E-state index contributed by atoms with van der Waals surface area (Å²) in [5.41, 5.74) is 1.59. The van der Waals surface area contributed by atoms with E-state index >= 15 is 0 Å². The van der Waals surface area contributed by atoms with E-state index in [1.165, 1.54) is 19.3 Å². The standard InChI is InChI=1S/C16H24N2O2/c1-3-5-16(20)18-13-8-9-15(19)14(10-13)11(2)17-12-6-4-7-12/h8-12,17,19H,3-7H2,1-2H3,(H,18,20). The quantitative estimate of drug-likeness (QED) is 0.698. The van der Waals surface area contributed by atoms with Crippen molar-refractivity contribution in [2.24, 2.45) is 0 Å². The van der Waals surface area contributed by atoms with E-state index in [2.05, 4.69) is 10.6 Å². The molecule has 1 saturated carbocycles. The summed E-state index contributed by atoms with van der Waals surface area (Å²) in [6.45, 7) is 4.03. The van der Waals surface area contributed by atoms with Crippen molar-refractivity contribution in [3.8, 4) is 5.75 Å². The SMILES string of the molecule is CCCC(=O)Nc1ccc(O)c(C(C)NC2CCC2)c1. The molecule has 4 heteroatoms. The van der Waals surface area contributed by atoms with Gasteiger partial charge >= 0.3 is 0 Å². The van der Waals surface area contributed by atoms with Gasteiger partial charge in [0.05, 0.1) is 0 Å². The molecule has 1 fully saturated rings. The van der Waals surface area contributed by atoms with E-state index < -0.39 is 0 Å². The van der Waals surface area contributed by atoms with E-state index in [1.807, 2.05) is 19.9 Å². The number of carbonyl (C=O) groups is 1. The molecule has 1 aliphatic rings. The molecule has 4 nitrogen and oxygen atoms in total. The van der Waals surface area contributed by atoms with Crippen LogP contribution in [0.5, 0.6) is 5.75 Å². The van der Waals surface area contributed by atoms with Crippen LogP contribution in [0.3, 0.4) is 0 Å². The third-order valence-electron chi connectivity index (χ3n) is 3.85. The fraction of sp³-hybridized carbons (Fsp3) is 0.562. The van der Waals surface area contributed by atoms with E-state index in [0.717, 1.165) is 17.7 Å². The second-order valence-electron chi connectivity index (χ2n) is 5.59. The number of hydrogen-bond acceptors (Lipinski definition) is 3. The molecule has 3 N–H and O–H groups in total. The Bertz CT molecular complexity index is 470. The first kappa shape index (κ1) is 14.9. The molecule has 1 aromatic rings. The van der Waals surface area contributed by atoms with Crippen LogP contribution < -0.4 is 10.6 Å². The second-order valence-corrected chi connectivity index (χ2v) is 5.59. The van der Waals surface area contributed by atoms with Crippen LogP contribution in [0.4, 0.5) is 5.69 Å². The number of amides is 1. The monoisotopic (exact) mass is 276 g/mol. The molecule has 0 saturated heterocycles. The average molecular weight is 276 g/mol. The lowest BCUT2D eigenvalue weighted by Gasteiger charge is -2.30. The van der Waals surface area contributed by atoms with Crippen molar-refractivity contribution in [1.82, 2.24) is 5.32 Å². The minimum atomic E-state index is 0.0174. The minimum Gasteiger partial charge on any atom is -0.508 e. The Labute approximate surface area is 120 Å². The molecular weight excluding hydrogens is 252 g/mol. The van der Waals surface area contributed by atoms with Crippen molar-refractivity contribution >= 4 is 11.6 Å². The Morgan fingerprint density at radius 2 is 2.20 bits per heavy atom. The number of aromatic hydroxyl groups is 1. The average Bonchev–Trinajstić information content (AvgIpc) is 2.36. The summed E-state index contributed by atoms with van der Waals surface area (Å²) in [4.78, 5) is 11.6. The molecule has 1 amide bonds. The topological polar surface area (TPSA) is 61.4 Å². The lowest BCUT2D eigenvalue weighted by atomic mass is 9.91. The molecule has 0 spiro atoms. The van der Waals surface area contributed by atoms with Gasteiger partial charge in [-0.2, -0.15) is 0 Å². The molecule has 0 aromatic heterocycles. The van der Waals surface area contributed by atoms with Crippen molar-refractivity contribution in [3.05, 3.63) is 23.8 Å². The largest absolute Gasteiger partial charge is 0.508 e. The summed E-state index contributed by atoms with van der Waals surface area (Å²) >= 11 is 0. The third kappa shape index (κ3) is 3.73. The summed E-state index contributed by atoms with van der Waals surface area (Å²) in [6.07, 6.45) is 5.04. The van der Waals surface area contributed by atoms with E-state index in [1.54, 1.807) is 12.1 Å². The Kier molecular flexibility index (Phi) is 5.01. The number of carbonyl (C=O) groups excluding carboxylic acids is 1. The van der Waals surface area contributed by atoms with Crippen LogP contribution in [0.25, 0.3) is 0 Å². The van der Waals surface area contributed by atoms with E-state index in [9.17, 15) is 9.90 Å². The van der Waals surface area contributed by atoms with Crippen LogP contribution in [0.2, 0.25) is 0 Å². The smallest absolute Gasteiger partial charge is 0.224 e. The maximum Gasteiger partial charge on any atom is 0.224 e. The summed E-state index contributed by atoms with van der Waals surface area (Å²) in [5.74, 6) is 0.293. The first-order valence-electron chi connectivity index (χ1n) is 7.49. The molecule has 1 aromatic carbocycles. The summed E-state index contributed by atoms with van der Waals surface area (Å²) in [6, 6.07) is 5.89. The van der Waals surface area contributed by atoms with Crippen molar-refractivity contribution in [2.45, 2.75) is 58.0 Å². The number of nitrogens with one attached hydrogen (secondary N) is 2. The molecular formula is C16H24N2O2. The first-order valence-corrected chi connectivity index (χ1v) is 7.49. The number of phenols is 1. The lowest BCUT2D eigenvalue weighted by Crippen LogP contribution is -2.36. The van der Waals surface area contributed by atoms with Crippen molar-refractivity contribution < 1.29 is 9.90 Å². The predicted octanol–water partition coefficient (Wildman–Crippen LogP) is 3.33. The van der Waals surface area contributed by atoms with Crippen LogP contribution in [-0.2, 0) is 4.79 Å². The highest BCUT2D eigenvalue weighted by Gasteiger charge is 2.21. The molecule has 0 bridgehead atoms. The molecule has 1 aliphatic carbocycles. The van der Waals surface area contributed by atoms with Crippen molar-refractivity contribution in [2.75, 3.05) is 5.32 Å². The fourth-order valence-electron chi connectivity index (χ4n) is 2.45. The molecule has 2 rings (SSSR count). The van der Waals surface area contributed by atoms with Crippen LogP contribution in [0.1, 0.15) is 57.6 Å². The van der Waals surface area contributed by atoms with Gasteiger partial charge in [0, 0.05) is 29.8 Å². The van der Waals surface area contributed by atoms with Gasteiger partial charge in [0.2, 0.25) is 5.91 Å². The zero-order chi connectivity index (χ0) is 14.5. The molecule has 0 aliphatic heterocycles. The summed E-state index contributed by atoms with van der Waals surface area (Å²) in [5, 5.41) is 16.4. The Morgan fingerprint density at radius 1 is 1.45 bits per heavy atom. The molecule has 0 heterocycles. The Morgan fingerprint density at radius 3 is 2.80 bits per heavy atom. The Hall–Kier alpha value is -1.55. The van der Waals surface area contributed by atoms with Crippen LogP contribution >= 0.6 is 0 Å². The van der Waals surface area contributed by atoms with Gasteiger partial charge in [-0.05, 0) is 44.4 Å². The van der Waals surface area contributed by atoms with Gasteiger partial charge in [0.25, 0.3) is 0 Å². The highest BCUT2D eigenvalue weighted by molar-refractivity contribution is 5.90. The number of anilines is 1. The van der Waals surface area contributed by atoms with Gasteiger partial charge in [-0.1, -0.05) is 13.3 Å². The van der Waals surface area contributed by atoms with E-state index in [4.69, 9.17) is 0 Å². The molecule has 1 unspecified atom stereocenters. The van der Waals surface area contributed by atoms with Crippen LogP contribution in [0, 0.1) is 0 Å². The lowest BCUT2D eigenvalue weighted by molar-refractivity contribution is -0.116. The van der Waals surface area contributed by atoms with Gasteiger partial charge in [-0.15, -0.1) is 0 Å². The maximum atomic E-state index is 11.6. The number of benzene rings is 1. The number of phenolic OH excluding ortho intramolecular Hbond substituents is 1. The van der Waals surface area contributed by atoms with Gasteiger partial charge in [0.1, 0.15) is 5.75 Å². The predicted molar refractivity (Wildman–Crippen MR) is 80.8 cm³/mol. The molecule has 110 valence electrons. The minimum absolute atomic E-state index is 0.0174.